The average Bonchev–Trinajstić information content (AvgIpc) is 2.52. The number of amides is 1. The highest BCUT2D eigenvalue weighted by molar-refractivity contribution is 5.97. The van der Waals surface area contributed by atoms with Crippen molar-refractivity contribution in [3.63, 3.8) is 0 Å². The molecule has 0 atom stereocenters. The molecule has 1 amide bonds. The molecule has 0 radical (unpaired) electrons. The van der Waals surface area contributed by atoms with E-state index >= 15 is 0 Å². The molecule has 0 aromatic heterocycles. The van der Waals surface area contributed by atoms with E-state index < -0.39 is 5.97 Å². The van der Waals surface area contributed by atoms with E-state index in [0.717, 1.165) is 12.8 Å². The Labute approximate surface area is 123 Å². The van der Waals surface area contributed by atoms with Gasteiger partial charge in [-0.1, -0.05) is 36.4 Å². The van der Waals surface area contributed by atoms with Gasteiger partial charge in [0.2, 0.25) is 0 Å². The van der Waals surface area contributed by atoms with Crippen molar-refractivity contribution in [2.24, 2.45) is 0 Å². The van der Waals surface area contributed by atoms with Gasteiger partial charge in [-0.15, -0.1) is 0 Å². The predicted octanol–water partition coefficient (Wildman–Crippen LogP) is 2.75. The summed E-state index contributed by atoms with van der Waals surface area (Å²) >= 11 is 0. The third-order valence-corrected chi connectivity index (χ3v) is 3.14. The fraction of sp³-hybridized carbons (Fsp3) is 0.176. The second-order valence-electron chi connectivity index (χ2n) is 4.73. The van der Waals surface area contributed by atoms with Crippen LogP contribution in [0.1, 0.15) is 32.7 Å². The van der Waals surface area contributed by atoms with Gasteiger partial charge >= 0.3 is 5.97 Å². The van der Waals surface area contributed by atoms with Crippen molar-refractivity contribution >= 4 is 11.9 Å². The van der Waals surface area contributed by atoms with Crippen LogP contribution in [0, 0.1) is 0 Å². The standard InChI is InChI=1S/C17H17NO3/c19-16(14-9-4-10-15(12-14)17(20)21)18-11-5-8-13-6-2-1-3-7-13/h1-4,6-7,9-10,12H,5,8,11H2,(H,18,19)(H,20,21). The zero-order valence-corrected chi connectivity index (χ0v) is 11.6. The summed E-state index contributed by atoms with van der Waals surface area (Å²) in [4.78, 5) is 22.8. The molecule has 21 heavy (non-hydrogen) atoms. The topological polar surface area (TPSA) is 66.4 Å². The lowest BCUT2D eigenvalue weighted by atomic mass is 10.1. The van der Waals surface area contributed by atoms with Gasteiger partial charge in [-0.25, -0.2) is 4.79 Å². The van der Waals surface area contributed by atoms with E-state index in [0.29, 0.717) is 12.1 Å². The molecule has 2 aromatic rings. The lowest BCUT2D eigenvalue weighted by Crippen LogP contribution is -2.25. The quantitative estimate of drug-likeness (QED) is 0.801. The van der Waals surface area contributed by atoms with Crippen LogP contribution < -0.4 is 5.32 Å². The minimum absolute atomic E-state index is 0.118. The Hall–Kier alpha value is -2.62. The van der Waals surface area contributed by atoms with Crippen LogP contribution in [-0.4, -0.2) is 23.5 Å². The molecule has 2 rings (SSSR count). The van der Waals surface area contributed by atoms with E-state index in [1.54, 1.807) is 12.1 Å². The van der Waals surface area contributed by atoms with Crippen molar-refractivity contribution < 1.29 is 14.7 Å². The van der Waals surface area contributed by atoms with Crippen LogP contribution >= 0.6 is 0 Å². The monoisotopic (exact) mass is 283 g/mol. The number of hydrogen-bond donors (Lipinski definition) is 2. The number of carbonyl (C=O) groups excluding carboxylic acids is 1. The van der Waals surface area contributed by atoms with Crippen molar-refractivity contribution in [2.75, 3.05) is 6.54 Å². The molecule has 2 aromatic carbocycles. The van der Waals surface area contributed by atoms with Crippen LogP contribution in [0.2, 0.25) is 0 Å². The van der Waals surface area contributed by atoms with Crippen molar-refractivity contribution in [3.8, 4) is 0 Å². The third kappa shape index (κ3) is 4.45. The number of aromatic carboxylic acids is 1. The summed E-state index contributed by atoms with van der Waals surface area (Å²) in [5.41, 5.74) is 1.72. The SMILES string of the molecule is O=C(O)c1cccc(C(=O)NCCCc2ccccc2)c1. The summed E-state index contributed by atoms with van der Waals surface area (Å²) in [5, 5.41) is 11.7. The van der Waals surface area contributed by atoms with Gasteiger partial charge in [0.15, 0.2) is 0 Å². The summed E-state index contributed by atoms with van der Waals surface area (Å²) in [7, 11) is 0. The average molecular weight is 283 g/mol. The molecule has 4 heteroatoms. The first kappa shape index (κ1) is 14.8. The number of carbonyl (C=O) groups is 2. The molecule has 0 aliphatic heterocycles. The molecule has 2 N–H and O–H groups in total. The van der Waals surface area contributed by atoms with Crippen LogP contribution in [0.4, 0.5) is 0 Å². The highest BCUT2D eigenvalue weighted by Crippen LogP contribution is 2.06. The lowest BCUT2D eigenvalue weighted by Gasteiger charge is -2.06. The second kappa shape index (κ2) is 7.24. The molecule has 0 bridgehead atoms. The zero-order chi connectivity index (χ0) is 15.1. The number of rotatable bonds is 6. The van der Waals surface area contributed by atoms with Crippen molar-refractivity contribution in [2.45, 2.75) is 12.8 Å². The number of carboxylic acid groups (broad SMARTS) is 1. The maximum absolute atomic E-state index is 11.9. The maximum Gasteiger partial charge on any atom is 0.335 e. The largest absolute Gasteiger partial charge is 0.478 e. The van der Waals surface area contributed by atoms with E-state index in [2.05, 4.69) is 17.4 Å². The summed E-state index contributed by atoms with van der Waals surface area (Å²) in [6.45, 7) is 0.561. The number of nitrogens with one attached hydrogen (secondary N) is 1. The molecular weight excluding hydrogens is 266 g/mol. The third-order valence-electron chi connectivity index (χ3n) is 3.14. The first-order valence-corrected chi connectivity index (χ1v) is 6.82. The molecule has 4 nitrogen and oxygen atoms in total. The summed E-state index contributed by atoms with van der Waals surface area (Å²) in [5.74, 6) is -1.28. The Bertz CT molecular complexity index is 623. The normalized spacial score (nSPS) is 10.1. The Morgan fingerprint density at radius 3 is 2.38 bits per heavy atom. The highest BCUT2D eigenvalue weighted by Gasteiger charge is 2.08. The summed E-state index contributed by atoms with van der Waals surface area (Å²) < 4.78 is 0. The summed E-state index contributed by atoms with van der Waals surface area (Å²) in [6, 6.07) is 16.1. The van der Waals surface area contributed by atoms with Crippen molar-refractivity contribution in [1.29, 1.82) is 0 Å². The van der Waals surface area contributed by atoms with Gasteiger partial charge in [0.1, 0.15) is 0 Å². The smallest absolute Gasteiger partial charge is 0.335 e. The lowest BCUT2D eigenvalue weighted by molar-refractivity contribution is 0.0697. The molecule has 0 unspecified atom stereocenters. The zero-order valence-electron chi connectivity index (χ0n) is 11.6. The van der Waals surface area contributed by atoms with Gasteiger partial charge < -0.3 is 10.4 Å². The van der Waals surface area contributed by atoms with E-state index in [4.69, 9.17) is 5.11 Å². The number of benzene rings is 2. The van der Waals surface area contributed by atoms with E-state index in [-0.39, 0.29) is 11.5 Å². The molecule has 108 valence electrons. The Morgan fingerprint density at radius 1 is 0.952 bits per heavy atom. The van der Waals surface area contributed by atoms with Crippen LogP contribution in [-0.2, 0) is 6.42 Å². The molecule has 0 fully saturated rings. The van der Waals surface area contributed by atoms with E-state index in [1.165, 1.54) is 17.7 Å². The number of carboxylic acids is 1. The molecule has 0 aliphatic rings. The molecule has 0 heterocycles. The van der Waals surface area contributed by atoms with Gasteiger partial charge in [0.25, 0.3) is 5.91 Å². The van der Waals surface area contributed by atoms with E-state index in [9.17, 15) is 9.59 Å². The highest BCUT2D eigenvalue weighted by atomic mass is 16.4. The molecular formula is C17H17NO3. The van der Waals surface area contributed by atoms with Crippen LogP contribution in [0.25, 0.3) is 0 Å². The van der Waals surface area contributed by atoms with Gasteiger partial charge in [-0.3, -0.25) is 4.79 Å². The summed E-state index contributed by atoms with van der Waals surface area (Å²) in [6.07, 6.45) is 1.74. The maximum atomic E-state index is 11.9. The van der Waals surface area contributed by atoms with Crippen LogP contribution in [0.15, 0.2) is 54.6 Å². The Balaban J connectivity index is 1.82. The predicted molar refractivity (Wildman–Crippen MR) is 80.5 cm³/mol. The van der Waals surface area contributed by atoms with Crippen molar-refractivity contribution in [1.82, 2.24) is 5.32 Å². The molecule has 0 spiro atoms. The Morgan fingerprint density at radius 2 is 1.67 bits per heavy atom. The Kier molecular flexibility index (Phi) is 5.10. The van der Waals surface area contributed by atoms with Gasteiger partial charge in [0, 0.05) is 12.1 Å². The van der Waals surface area contributed by atoms with E-state index in [1.807, 2.05) is 18.2 Å². The fourth-order valence-corrected chi connectivity index (χ4v) is 2.03. The van der Waals surface area contributed by atoms with Crippen molar-refractivity contribution in [3.05, 3.63) is 71.3 Å². The second-order valence-corrected chi connectivity index (χ2v) is 4.73. The molecule has 0 aliphatic carbocycles. The minimum atomic E-state index is -1.03. The number of hydrogen-bond acceptors (Lipinski definition) is 2. The first-order chi connectivity index (χ1) is 10.2. The van der Waals surface area contributed by atoms with Crippen LogP contribution in [0.5, 0.6) is 0 Å². The van der Waals surface area contributed by atoms with Gasteiger partial charge in [-0.2, -0.15) is 0 Å². The van der Waals surface area contributed by atoms with Gasteiger partial charge in [-0.05, 0) is 36.6 Å². The first-order valence-electron chi connectivity index (χ1n) is 6.82. The molecule has 0 saturated carbocycles. The fourth-order valence-electron chi connectivity index (χ4n) is 2.03. The van der Waals surface area contributed by atoms with Gasteiger partial charge in [0.05, 0.1) is 5.56 Å². The van der Waals surface area contributed by atoms with Crippen LogP contribution in [0.3, 0.4) is 0 Å². The molecule has 0 saturated heterocycles. The number of aryl methyl sites for hydroxylation is 1. The minimum Gasteiger partial charge on any atom is -0.478 e.